The van der Waals surface area contributed by atoms with Crippen LogP contribution in [0.4, 0.5) is 0 Å². The largest absolute Gasteiger partial charge is 0.511 e. The molecule has 3 atom stereocenters. The number of ketones is 1. The number of carbonyl (C=O) groups is 1. The number of likely N-dealkylation sites (N-methyl/N-ethyl adjacent to an activating group) is 1. The van der Waals surface area contributed by atoms with Gasteiger partial charge in [0.2, 0.25) is 5.88 Å². The lowest BCUT2D eigenvalue weighted by Crippen LogP contribution is -2.39. The summed E-state index contributed by atoms with van der Waals surface area (Å²) in [6.45, 7) is 3.93. The van der Waals surface area contributed by atoms with E-state index in [1.807, 2.05) is 6.92 Å². The van der Waals surface area contributed by atoms with Crippen molar-refractivity contribution in [2.24, 2.45) is 5.41 Å². The lowest BCUT2D eigenvalue weighted by molar-refractivity contribution is -0.131. The van der Waals surface area contributed by atoms with Crippen molar-refractivity contribution in [2.75, 3.05) is 26.8 Å². The Hall–Kier alpha value is -2.94. The molecule has 9 heteroatoms. The van der Waals surface area contributed by atoms with Crippen LogP contribution in [0.3, 0.4) is 0 Å². The molecule has 1 spiro atoms. The van der Waals surface area contributed by atoms with Crippen molar-refractivity contribution >= 4 is 17.3 Å². The topological polar surface area (TPSA) is 118 Å². The number of Topliss-reactive ketones (excluding diaryl/α,β-unsaturated/α-hetero) is 1. The summed E-state index contributed by atoms with van der Waals surface area (Å²) in [6, 6.07) is 1.99. The van der Waals surface area contributed by atoms with Gasteiger partial charge in [-0.25, -0.2) is 4.98 Å². The molecule has 1 aromatic rings. The van der Waals surface area contributed by atoms with Crippen molar-refractivity contribution in [2.45, 2.75) is 76.9 Å². The lowest BCUT2D eigenvalue weighted by atomic mass is 9.64. The van der Waals surface area contributed by atoms with Crippen LogP contribution >= 0.6 is 0 Å². The molecule has 3 heterocycles. The van der Waals surface area contributed by atoms with Gasteiger partial charge in [-0.1, -0.05) is 6.42 Å². The zero-order valence-electron chi connectivity index (χ0n) is 21.2. The Morgan fingerprint density at radius 2 is 2.06 bits per heavy atom. The van der Waals surface area contributed by atoms with E-state index < -0.39 is 5.41 Å². The minimum Gasteiger partial charge on any atom is -0.511 e. The minimum absolute atomic E-state index is 0.0274. The average molecular weight is 497 g/mol. The van der Waals surface area contributed by atoms with Crippen molar-refractivity contribution < 1.29 is 24.1 Å². The number of carbonyl (C=O) groups excluding carboxylic acids is 1. The van der Waals surface area contributed by atoms with Crippen molar-refractivity contribution in [3.8, 4) is 5.88 Å². The van der Waals surface area contributed by atoms with Gasteiger partial charge in [-0.3, -0.25) is 15.1 Å². The van der Waals surface area contributed by atoms with Crippen molar-refractivity contribution in [3.05, 3.63) is 35.2 Å². The smallest absolute Gasteiger partial charge is 0.217 e. The van der Waals surface area contributed by atoms with Gasteiger partial charge in [0.25, 0.3) is 0 Å². The van der Waals surface area contributed by atoms with E-state index in [0.717, 1.165) is 38.6 Å². The van der Waals surface area contributed by atoms with Gasteiger partial charge in [0, 0.05) is 24.1 Å². The van der Waals surface area contributed by atoms with Crippen LogP contribution in [0.15, 0.2) is 23.7 Å². The maximum absolute atomic E-state index is 12.9. The van der Waals surface area contributed by atoms with E-state index in [9.17, 15) is 9.90 Å². The van der Waals surface area contributed by atoms with E-state index in [1.165, 1.54) is 6.26 Å². The SMILES string of the molecule is C[C@H](Oc1cc(C2=COCCO2)nc(C(=N)C2=C(O)[C@]3(CCCCC3=O)CCC2)n1)[C@@H]1CCCN1C. The predicted molar refractivity (Wildman–Crippen MR) is 134 cm³/mol. The Morgan fingerprint density at radius 1 is 1.22 bits per heavy atom. The van der Waals surface area contributed by atoms with Crippen LogP contribution < -0.4 is 4.74 Å². The third-order valence-corrected chi connectivity index (χ3v) is 8.12. The number of rotatable bonds is 6. The van der Waals surface area contributed by atoms with Gasteiger partial charge in [-0.05, 0) is 65.5 Å². The maximum Gasteiger partial charge on any atom is 0.217 e. The molecular weight excluding hydrogens is 460 g/mol. The normalized spacial score (nSPS) is 27.9. The molecule has 1 saturated carbocycles. The van der Waals surface area contributed by atoms with Gasteiger partial charge >= 0.3 is 0 Å². The quantitative estimate of drug-likeness (QED) is 0.563. The fraction of sp³-hybridized carbons (Fsp3) is 0.630. The zero-order chi connectivity index (χ0) is 25.3. The van der Waals surface area contributed by atoms with Crippen molar-refractivity contribution in [3.63, 3.8) is 0 Å². The third kappa shape index (κ3) is 4.61. The van der Waals surface area contributed by atoms with E-state index >= 15 is 0 Å². The van der Waals surface area contributed by atoms with Crippen LogP contribution in [0.25, 0.3) is 5.76 Å². The first-order chi connectivity index (χ1) is 17.4. The van der Waals surface area contributed by atoms with Gasteiger partial charge < -0.3 is 19.3 Å². The summed E-state index contributed by atoms with van der Waals surface area (Å²) in [6.07, 6.45) is 8.35. The van der Waals surface area contributed by atoms with Gasteiger partial charge in [0.15, 0.2) is 11.6 Å². The highest BCUT2D eigenvalue weighted by Crippen LogP contribution is 2.48. The standard InChI is InChI=1S/C27H36N4O5/c1-17(20-8-6-12-31(20)2)36-23-15-19(21-16-34-13-14-35-21)29-26(30-23)24(28)18-7-5-11-27(25(18)33)10-4-3-9-22(27)32/h15-17,20,28,33H,3-14H2,1-2H3/t17-,20-,27+/m0/s1. The van der Waals surface area contributed by atoms with Crippen LogP contribution in [-0.2, 0) is 14.3 Å². The Balaban J connectivity index is 1.50. The summed E-state index contributed by atoms with van der Waals surface area (Å²) in [7, 11) is 2.10. The van der Waals surface area contributed by atoms with E-state index in [2.05, 4.69) is 21.9 Å². The molecule has 2 aliphatic heterocycles. The number of nitrogens with one attached hydrogen (secondary N) is 1. The summed E-state index contributed by atoms with van der Waals surface area (Å²) in [4.78, 5) is 24.4. The summed E-state index contributed by atoms with van der Waals surface area (Å²) in [5.74, 6) is 1.07. The van der Waals surface area contributed by atoms with E-state index in [4.69, 9.17) is 19.6 Å². The van der Waals surface area contributed by atoms with Crippen molar-refractivity contribution in [1.82, 2.24) is 14.9 Å². The second-order valence-corrected chi connectivity index (χ2v) is 10.4. The Labute approximate surface area is 212 Å². The van der Waals surface area contributed by atoms with Crippen LogP contribution in [0, 0.1) is 10.8 Å². The molecule has 1 saturated heterocycles. The minimum atomic E-state index is -0.862. The molecule has 0 aromatic carbocycles. The Morgan fingerprint density at radius 3 is 2.78 bits per heavy atom. The van der Waals surface area contributed by atoms with Crippen LogP contribution in [0.5, 0.6) is 5.88 Å². The zero-order valence-corrected chi connectivity index (χ0v) is 21.2. The molecule has 2 fully saturated rings. The monoisotopic (exact) mass is 496 g/mol. The summed E-state index contributed by atoms with van der Waals surface area (Å²) >= 11 is 0. The highest BCUT2D eigenvalue weighted by molar-refractivity contribution is 6.09. The number of aliphatic hydroxyl groups is 1. The second kappa shape index (κ2) is 10.2. The molecule has 0 bridgehead atoms. The molecule has 5 rings (SSSR count). The van der Waals surface area contributed by atoms with Crippen LogP contribution in [0.2, 0.25) is 0 Å². The average Bonchev–Trinajstić information content (AvgIpc) is 3.33. The molecule has 0 unspecified atom stereocenters. The van der Waals surface area contributed by atoms with Gasteiger partial charge in [-0.15, -0.1) is 0 Å². The summed E-state index contributed by atoms with van der Waals surface area (Å²) < 4.78 is 17.5. The van der Waals surface area contributed by atoms with E-state index in [0.29, 0.717) is 61.8 Å². The Kier molecular flexibility index (Phi) is 7.01. The first-order valence-corrected chi connectivity index (χ1v) is 13.1. The molecule has 9 nitrogen and oxygen atoms in total. The Bertz CT molecular complexity index is 1100. The van der Waals surface area contributed by atoms with Gasteiger partial charge in [-0.2, -0.15) is 4.98 Å². The second-order valence-electron chi connectivity index (χ2n) is 10.4. The van der Waals surface area contributed by atoms with E-state index in [1.54, 1.807) is 6.07 Å². The molecule has 36 heavy (non-hydrogen) atoms. The van der Waals surface area contributed by atoms with Crippen LogP contribution in [-0.4, -0.2) is 70.4 Å². The number of ether oxygens (including phenoxy) is 3. The lowest BCUT2D eigenvalue weighted by Gasteiger charge is -2.39. The highest BCUT2D eigenvalue weighted by atomic mass is 16.6. The third-order valence-electron chi connectivity index (χ3n) is 8.12. The first-order valence-electron chi connectivity index (χ1n) is 13.1. The summed E-state index contributed by atoms with van der Waals surface area (Å²) in [5, 5.41) is 20.3. The fourth-order valence-electron chi connectivity index (χ4n) is 6.10. The molecule has 2 aliphatic carbocycles. The summed E-state index contributed by atoms with van der Waals surface area (Å²) in [5.41, 5.74) is 0.0859. The number of nitrogens with zero attached hydrogens (tertiary/aromatic N) is 3. The van der Waals surface area contributed by atoms with Crippen LogP contribution in [0.1, 0.15) is 76.2 Å². The molecule has 4 aliphatic rings. The number of allylic oxidation sites excluding steroid dienone is 2. The number of hydrogen-bond acceptors (Lipinski definition) is 9. The number of hydrogen-bond donors (Lipinski definition) is 2. The highest BCUT2D eigenvalue weighted by Gasteiger charge is 2.47. The number of aromatic nitrogens is 2. The first kappa shape index (κ1) is 24.7. The predicted octanol–water partition coefficient (Wildman–Crippen LogP) is 4.18. The van der Waals surface area contributed by atoms with Gasteiger partial charge in [0.1, 0.15) is 48.5 Å². The van der Waals surface area contributed by atoms with Crippen molar-refractivity contribution in [1.29, 1.82) is 5.41 Å². The van der Waals surface area contributed by atoms with E-state index in [-0.39, 0.29) is 35.2 Å². The molecular formula is C27H36N4O5. The van der Waals surface area contributed by atoms with Gasteiger partial charge in [0.05, 0.1) is 5.41 Å². The molecule has 2 N–H and O–H groups in total. The maximum atomic E-state index is 12.9. The number of likely N-dealkylation sites (tertiary alicyclic amines) is 1. The fourth-order valence-corrected chi connectivity index (χ4v) is 6.10. The molecule has 0 radical (unpaired) electrons. The molecule has 0 amide bonds. The number of aliphatic hydroxyl groups excluding tert-OH is 1. The molecule has 194 valence electrons. The molecule has 1 aromatic heterocycles.